The van der Waals surface area contributed by atoms with Crippen LogP contribution in [-0.2, 0) is 27.2 Å². The highest BCUT2D eigenvalue weighted by molar-refractivity contribution is 6.09. The molecule has 2 aliphatic heterocycles. The second-order valence-electron chi connectivity index (χ2n) is 22.3. The Bertz CT molecular complexity index is 4290. The third-order valence-corrected chi connectivity index (χ3v) is 17.1. The number of carbonyl (C=O) groups is 2. The topological polar surface area (TPSA) is 315 Å². The van der Waals surface area contributed by atoms with Crippen LogP contribution in [0.4, 0.5) is 23.0 Å². The molecular formula is C62H66N22O4. The lowest BCUT2D eigenvalue weighted by Crippen LogP contribution is -2.34. The van der Waals surface area contributed by atoms with Gasteiger partial charge in [-0.3, -0.25) is 39.6 Å². The van der Waals surface area contributed by atoms with Crippen molar-refractivity contribution in [1.29, 1.82) is 0 Å². The average Bonchev–Trinajstić information content (AvgIpc) is 1.94. The number of H-pyrrole nitrogens is 2. The van der Waals surface area contributed by atoms with Gasteiger partial charge in [0.05, 0.1) is 71.9 Å². The predicted octanol–water partition coefficient (Wildman–Crippen LogP) is 8.18. The van der Waals surface area contributed by atoms with Gasteiger partial charge in [-0.1, -0.05) is 12.1 Å². The minimum absolute atomic E-state index is 0.165. The number of aromatic amines is 2. The molecule has 0 aliphatic carbocycles. The van der Waals surface area contributed by atoms with Crippen molar-refractivity contribution in [3.05, 3.63) is 144 Å². The molecule has 2 amide bonds. The number of hydrogen-bond acceptors (Lipinski definition) is 18. The number of piperidine rings is 2. The molecule has 12 heterocycles. The van der Waals surface area contributed by atoms with Crippen LogP contribution in [0.1, 0.15) is 81.3 Å². The number of amides is 2. The molecule has 448 valence electrons. The number of nitrogen functional groups attached to an aromatic ring is 2. The normalized spacial score (nSPS) is 14.4. The fourth-order valence-electron chi connectivity index (χ4n) is 12.2. The Kier molecular flexibility index (Phi) is 15.2. The summed E-state index contributed by atoms with van der Waals surface area (Å²) >= 11 is 0. The highest BCUT2D eigenvalue weighted by Gasteiger charge is 2.30. The number of nitrogens with two attached hydrogens (primary N) is 2. The molecule has 0 atom stereocenters. The number of methoxy groups -OCH3 is 2. The number of hydrogen-bond donors (Lipinski definition) is 6. The number of nitrogens with zero attached hydrogens (tertiary/aromatic N) is 16. The first-order valence-corrected chi connectivity index (χ1v) is 29.0. The van der Waals surface area contributed by atoms with E-state index in [0.717, 1.165) is 109 Å². The van der Waals surface area contributed by atoms with Crippen LogP contribution >= 0.6 is 0 Å². The van der Waals surface area contributed by atoms with E-state index in [1.807, 2.05) is 106 Å². The van der Waals surface area contributed by atoms with Gasteiger partial charge in [0.25, 0.3) is 11.8 Å². The Hall–Kier alpha value is -10.6. The number of pyridine rings is 2. The van der Waals surface area contributed by atoms with E-state index in [2.05, 4.69) is 84.6 Å². The van der Waals surface area contributed by atoms with Crippen LogP contribution in [0, 0.1) is 13.8 Å². The van der Waals surface area contributed by atoms with E-state index in [1.54, 1.807) is 39.0 Å². The van der Waals surface area contributed by atoms with Crippen molar-refractivity contribution < 1.29 is 19.1 Å². The van der Waals surface area contributed by atoms with Crippen molar-refractivity contribution in [3.63, 3.8) is 0 Å². The van der Waals surface area contributed by atoms with E-state index in [4.69, 9.17) is 31.1 Å². The summed E-state index contributed by atoms with van der Waals surface area (Å²) < 4.78 is 19.1. The molecule has 8 N–H and O–H groups in total. The first-order chi connectivity index (χ1) is 42.8. The highest BCUT2D eigenvalue weighted by atomic mass is 16.5. The fourth-order valence-corrected chi connectivity index (χ4v) is 12.2. The zero-order valence-corrected chi connectivity index (χ0v) is 49.6. The molecule has 0 bridgehead atoms. The van der Waals surface area contributed by atoms with E-state index >= 15 is 0 Å². The van der Waals surface area contributed by atoms with Crippen molar-refractivity contribution in [2.24, 2.45) is 14.1 Å². The number of ether oxygens (including phenoxy) is 2. The third-order valence-electron chi connectivity index (χ3n) is 17.1. The lowest BCUT2D eigenvalue weighted by molar-refractivity contribution is 0.101. The summed E-state index contributed by atoms with van der Waals surface area (Å²) in [5, 5.41) is 33.6. The summed E-state index contributed by atoms with van der Waals surface area (Å²) in [7, 11) is 6.86. The van der Waals surface area contributed by atoms with Crippen LogP contribution in [0.15, 0.2) is 110 Å². The van der Waals surface area contributed by atoms with Crippen molar-refractivity contribution in [2.45, 2.75) is 64.7 Å². The van der Waals surface area contributed by atoms with Gasteiger partial charge in [-0.05, 0) is 88.1 Å². The molecular weight excluding hydrogens is 1120 g/mol. The molecule has 0 unspecified atom stereocenters. The van der Waals surface area contributed by atoms with E-state index < -0.39 is 0 Å². The zero-order valence-electron chi connectivity index (χ0n) is 49.6. The number of benzene rings is 2. The third kappa shape index (κ3) is 10.7. The SMILES string of the molecule is COc1cc(-c2nn(C3CCN(Cc4cn[nH]c4C)CC3)c3ncnc(N)c23)ccc1NC(=O)c1cc2cnccc2n1C.COc1cc(-c2nn(C3CCN(Cc4cn[nH]c4C)CC3)c3ncnc(N)c23)ccc1NC(=O)c1cc2cnccc2n1C. The maximum Gasteiger partial charge on any atom is 0.272 e. The van der Waals surface area contributed by atoms with Crippen LogP contribution in [0.3, 0.4) is 0 Å². The number of fused-ring (bicyclic) bond motifs is 4. The number of anilines is 4. The summed E-state index contributed by atoms with van der Waals surface area (Å²) in [6, 6.07) is 18.9. The molecule has 0 saturated carbocycles. The number of rotatable bonds is 14. The Labute approximate surface area is 504 Å². The van der Waals surface area contributed by atoms with Gasteiger partial charge in [-0.25, -0.2) is 29.3 Å². The second kappa shape index (κ2) is 23.7. The minimum Gasteiger partial charge on any atom is -0.495 e. The molecule has 2 aliphatic rings. The number of likely N-dealkylation sites (tertiary alicyclic amines) is 2. The van der Waals surface area contributed by atoms with Crippen molar-refractivity contribution in [1.82, 2.24) is 88.8 Å². The van der Waals surface area contributed by atoms with Crippen LogP contribution in [0.2, 0.25) is 0 Å². The average molecular weight is 1180 g/mol. The van der Waals surface area contributed by atoms with Gasteiger partial charge in [-0.2, -0.15) is 20.4 Å². The summed E-state index contributed by atoms with van der Waals surface area (Å²) in [4.78, 5) is 57.5. The first-order valence-electron chi connectivity index (χ1n) is 29.0. The summed E-state index contributed by atoms with van der Waals surface area (Å²) in [6.07, 6.45) is 17.4. The van der Waals surface area contributed by atoms with Crippen LogP contribution in [0.25, 0.3) is 66.4 Å². The molecule has 26 heteroatoms. The van der Waals surface area contributed by atoms with E-state index in [-0.39, 0.29) is 23.9 Å². The van der Waals surface area contributed by atoms with Crippen molar-refractivity contribution in [3.8, 4) is 34.0 Å². The van der Waals surface area contributed by atoms with E-state index in [1.165, 1.54) is 23.8 Å². The van der Waals surface area contributed by atoms with E-state index in [0.29, 0.717) is 79.4 Å². The summed E-state index contributed by atoms with van der Waals surface area (Å²) in [5.74, 6) is 1.22. The maximum atomic E-state index is 13.3. The van der Waals surface area contributed by atoms with Gasteiger partial charge >= 0.3 is 0 Å². The molecule has 12 aromatic rings. The highest BCUT2D eigenvalue weighted by Crippen LogP contribution is 2.40. The monoisotopic (exact) mass is 1180 g/mol. The lowest BCUT2D eigenvalue weighted by Gasteiger charge is -2.32. The Morgan fingerprint density at radius 2 is 1.00 bits per heavy atom. The molecule has 10 aromatic heterocycles. The summed E-state index contributed by atoms with van der Waals surface area (Å²) in [5.41, 5.74) is 25.8. The molecule has 14 rings (SSSR count). The Morgan fingerprint density at radius 1 is 0.580 bits per heavy atom. The molecule has 0 spiro atoms. The number of aryl methyl sites for hydroxylation is 4. The standard InChI is InChI=1S/2C31H33N11O2/c2*1-18-21(15-36-38-18)16-41-10-7-22(8-11-41)42-30-27(29(32)34-17-35-30)28(39-42)19-4-5-23(26(13-19)44-3)37-31(43)25-12-20-14-33-9-6-24(20)40(25)2/h2*4-6,9,12-15,17,22H,7-8,10-11,16H2,1-3H3,(H,36,38)(H,37,43)(H2,32,34,35). The number of nitrogens with one attached hydrogen (secondary N) is 4. The molecule has 0 radical (unpaired) electrons. The molecule has 88 heavy (non-hydrogen) atoms. The zero-order chi connectivity index (χ0) is 60.7. The number of aromatic nitrogens is 16. The van der Waals surface area contributed by atoms with Crippen molar-refractivity contribution in [2.75, 3.05) is 62.5 Å². The molecule has 26 nitrogen and oxygen atoms in total. The quantitative estimate of drug-likeness (QED) is 0.0597. The predicted molar refractivity (Wildman–Crippen MR) is 335 cm³/mol. The summed E-state index contributed by atoms with van der Waals surface area (Å²) in [6.45, 7) is 9.57. The molecule has 2 aromatic carbocycles. The van der Waals surface area contributed by atoms with Gasteiger partial charge in [0.2, 0.25) is 0 Å². The van der Waals surface area contributed by atoms with Gasteiger partial charge in [0, 0.05) is 123 Å². The Balaban J connectivity index is 0.000000162. The van der Waals surface area contributed by atoms with Gasteiger partial charge in [0.1, 0.15) is 58.6 Å². The molecule has 2 fully saturated rings. The fraction of sp³-hybridized carbons (Fsp3) is 0.290. The first kappa shape index (κ1) is 56.5. The number of carbonyl (C=O) groups excluding carboxylic acids is 2. The second-order valence-corrected chi connectivity index (χ2v) is 22.3. The van der Waals surface area contributed by atoms with Crippen LogP contribution < -0.4 is 31.6 Å². The van der Waals surface area contributed by atoms with Gasteiger partial charge < -0.3 is 40.7 Å². The minimum atomic E-state index is -0.253. The largest absolute Gasteiger partial charge is 0.495 e. The smallest absolute Gasteiger partial charge is 0.272 e. The van der Waals surface area contributed by atoms with Crippen LogP contribution in [0.5, 0.6) is 11.5 Å². The molecule has 2 saturated heterocycles. The van der Waals surface area contributed by atoms with E-state index in [9.17, 15) is 9.59 Å². The maximum absolute atomic E-state index is 13.3. The van der Waals surface area contributed by atoms with Gasteiger partial charge in [-0.15, -0.1) is 0 Å². The van der Waals surface area contributed by atoms with Crippen LogP contribution in [-0.4, -0.2) is 141 Å². The van der Waals surface area contributed by atoms with Crippen molar-refractivity contribution >= 4 is 78.7 Å². The lowest BCUT2D eigenvalue weighted by atomic mass is 10.0. The van der Waals surface area contributed by atoms with Gasteiger partial charge in [0.15, 0.2) is 11.3 Å². The Morgan fingerprint density at radius 3 is 1.38 bits per heavy atom.